The lowest BCUT2D eigenvalue weighted by Gasteiger charge is -2.30. The maximum absolute atomic E-state index is 13.7. The Morgan fingerprint density at radius 1 is 0.950 bits per heavy atom. The fourth-order valence-electron chi connectivity index (χ4n) is 5.03. The normalized spacial score (nSPS) is 13.4. The molecule has 0 aliphatic rings. The second-order valence-corrected chi connectivity index (χ2v) is 10.4. The molecule has 3 aromatic heterocycles. The first-order valence-corrected chi connectivity index (χ1v) is 13.0. The van der Waals surface area contributed by atoms with E-state index in [1.165, 1.54) is 30.1 Å². The SMILES string of the molecule is COc1nc2ccc(C(O)(c3cc(C)nc(C)c3)c3cnnn3C)cc2c(Cl)c1Cc1ccc(C(C)(F)F)cc1. The maximum Gasteiger partial charge on any atom is 0.270 e. The number of aryl methyl sites for hydroxylation is 3. The van der Waals surface area contributed by atoms with Crippen LogP contribution < -0.4 is 4.74 Å². The standard InChI is InChI=1S/C30H28ClF2N5O2/c1-17-12-22(13-18(2)35-17)30(39,26-16-34-37-38(26)4)21-10-11-25-23(15-21)27(31)24(28(36-25)40-5)14-19-6-8-20(9-7-19)29(3,32)33/h6-13,15-16,39H,14H2,1-5H3. The number of rotatable bonds is 7. The number of aliphatic hydroxyl groups is 1. The second-order valence-electron chi connectivity index (χ2n) is 10.00. The van der Waals surface area contributed by atoms with E-state index in [-0.39, 0.29) is 5.56 Å². The average Bonchev–Trinajstić information content (AvgIpc) is 3.35. The number of methoxy groups -OCH3 is 1. The molecule has 0 radical (unpaired) electrons. The Kier molecular flexibility index (Phi) is 7.06. The van der Waals surface area contributed by atoms with E-state index in [9.17, 15) is 13.9 Å². The first-order chi connectivity index (χ1) is 18.9. The highest BCUT2D eigenvalue weighted by Crippen LogP contribution is 2.41. The first kappa shape index (κ1) is 27.6. The van der Waals surface area contributed by atoms with Crippen LogP contribution in [0.3, 0.4) is 0 Å². The van der Waals surface area contributed by atoms with E-state index < -0.39 is 11.5 Å². The predicted molar refractivity (Wildman–Crippen MR) is 149 cm³/mol. The molecule has 1 atom stereocenters. The van der Waals surface area contributed by atoms with Crippen LogP contribution in [0.1, 0.15) is 51.8 Å². The molecule has 5 aromatic rings. The summed E-state index contributed by atoms with van der Waals surface area (Å²) in [5.41, 5.74) is 3.35. The van der Waals surface area contributed by atoms with Crippen LogP contribution in [0.5, 0.6) is 5.88 Å². The largest absolute Gasteiger partial charge is 0.481 e. The molecule has 0 fully saturated rings. The van der Waals surface area contributed by atoms with Crippen molar-refractivity contribution in [2.75, 3.05) is 7.11 Å². The average molecular weight is 564 g/mol. The van der Waals surface area contributed by atoms with Gasteiger partial charge in [0.05, 0.1) is 29.5 Å². The zero-order chi connectivity index (χ0) is 28.8. The zero-order valence-electron chi connectivity index (χ0n) is 22.7. The van der Waals surface area contributed by atoms with Gasteiger partial charge in [0.15, 0.2) is 5.60 Å². The van der Waals surface area contributed by atoms with Gasteiger partial charge in [-0.3, -0.25) is 4.98 Å². The third-order valence-corrected chi connectivity index (χ3v) is 7.45. The van der Waals surface area contributed by atoms with Crippen molar-refractivity contribution < 1.29 is 18.6 Å². The van der Waals surface area contributed by atoms with Gasteiger partial charge < -0.3 is 9.84 Å². The maximum atomic E-state index is 13.7. The van der Waals surface area contributed by atoms with Crippen molar-refractivity contribution in [2.45, 2.75) is 38.7 Å². The molecule has 5 rings (SSSR count). The molecule has 0 bridgehead atoms. The van der Waals surface area contributed by atoms with Gasteiger partial charge in [-0.25, -0.2) is 18.4 Å². The molecule has 0 saturated heterocycles. The first-order valence-electron chi connectivity index (χ1n) is 12.6. The minimum Gasteiger partial charge on any atom is -0.481 e. The summed E-state index contributed by atoms with van der Waals surface area (Å²) in [6.45, 7) is 4.60. The predicted octanol–water partition coefficient (Wildman–Crippen LogP) is 6.02. The lowest BCUT2D eigenvalue weighted by molar-refractivity contribution is 0.0174. The number of nitrogens with zero attached hydrogens (tertiary/aromatic N) is 5. The van der Waals surface area contributed by atoms with Crippen molar-refractivity contribution in [1.82, 2.24) is 25.0 Å². The molecular weight excluding hydrogens is 536 g/mol. The number of hydrogen-bond donors (Lipinski definition) is 1. The molecule has 2 aromatic carbocycles. The Labute approximate surface area is 235 Å². The molecule has 1 unspecified atom stereocenters. The number of ether oxygens (including phenoxy) is 1. The molecule has 3 heterocycles. The Morgan fingerprint density at radius 3 is 2.17 bits per heavy atom. The highest BCUT2D eigenvalue weighted by molar-refractivity contribution is 6.36. The third kappa shape index (κ3) is 4.91. The fourth-order valence-corrected chi connectivity index (χ4v) is 5.33. The Balaban J connectivity index is 1.68. The summed E-state index contributed by atoms with van der Waals surface area (Å²) in [4.78, 5) is 9.13. The van der Waals surface area contributed by atoms with Gasteiger partial charge in [-0.15, -0.1) is 5.10 Å². The molecule has 0 saturated carbocycles. The van der Waals surface area contributed by atoms with Crippen molar-refractivity contribution in [3.63, 3.8) is 0 Å². The minimum atomic E-state index is -2.93. The molecule has 0 aliphatic heterocycles. The van der Waals surface area contributed by atoms with Crippen molar-refractivity contribution in [3.05, 3.63) is 111 Å². The van der Waals surface area contributed by atoms with E-state index >= 15 is 0 Å². The molecule has 0 spiro atoms. The van der Waals surface area contributed by atoms with Gasteiger partial charge in [0.25, 0.3) is 5.92 Å². The van der Waals surface area contributed by atoms with Crippen LogP contribution in [-0.2, 0) is 25.0 Å². The fraction of sp³-hybridized carbons (Fsp3) is 0.267. The van der Waals surface area contributed by atoms with E-state index in [4.69, 9.17) is 16.3 Å². The Bertz CT molecular complexity index is 1700. The summed E-state index contributed by atoms with van der Waals surface area (Å²) in [5.74, 6) is -2.59. The molecule has 206 valence electrons. The van der Waals surface area contributed by atoms with Crippen LogP contribution in [0.2, 0.25) is 5.02 Å². The van der Waals surface area contributed by atoms with Crippen LogP contribution >= 0.6 is 11.6 Å². The van der Waals surface area contributed by atoms with Crippen molar-refractivity contribution in [3.8, 4) is 5.88 Å². The van der Waals surface area contributed by atoms with Gasteiger partial charge in [-0.2, -0.15) is 0 Å². The van der Waals surface area contributed by atoms with Gasteiger partial charge in [0.2, 0.25) is 5.88 Å². The molecule has 40 heavy (non-hydrogen) atoms. The number of alkyl halides is 2. The summed E-state index contributed by atoms with van der Waals surface area (Å²) >= 11 is 6.99. The van der Waals surface area contributed by atoms with Crippen molar-refractivity contribution in [1.29, 1.82) is 0 Å². The number of benzene rings is 2. The van der Waals surface area contributed by atoms with Crippen molar-refractivity contribution >= 4 is 22.5 Å². The zero-order valence-corrected chi connectivity index (χ0v) is 23.5. The molecule has 0 amide bonds. The van der Waals surface area contributed by atoms with Crippen LogP contribution in [0.15, 0.2) is 60.8 Å². The molecule has 7 nitrogen and oxygen atoms in total. The lowest BCUT2D eigenvalue weighted by Crippen LogP contribution is -2.32. The van der Waals surface area contributed by atoms with Gasteiger partial charge in [0, 0.05) is 48.3 Å². The monoisotopic (exact) mass is 563 g/mol. The topological polar surface area (TPSA) is 85.9 Å². The van der Waals surface area contributed by atoms with Gasteiger partial charge in [-0.1, -0.05) is 47.1 Å². The second kappa shape index (κ2) is 10.2. The summed E-state index contributed by atoms with van der Waals surface area (Å²) < 4.78 is 34.5. The highest BCUT2D eigenvalue weighted by Gasteiger charge is 2.38. The molecule has 1 N–H and O–H groups in total. The van der Waals surface area contributed by atoms with E-state index in [2.05, 4.69) is 20.3 Å². The van der Waals surface area contributed by atoms with E-state index in [1.807, 2.05) is 26.0 Å². The van der Waals surface area contributed by atoms with Crippen LogP contribution in [0.25, 0.3) is 10.9 Å². The third-order valence-electron chi connectivity index (χ3n) is 7.02. The molecule has 0 aliphatic carbocycles. The van der Waals surface area contributed by atoms with E-state index in [0.29, 0.717) is 50.6 Å². The summed E-state index contributed by atoms with van der Waals surface area (Å²) in [6.07, 6.45) is 1.83. The Morgan fingerprint density at radius 2 is 1.60 bits per heavy atom. The smallest absolute Gasteiger partial charge is 0.270 e. The molecular formula is C30H28ClF2N5O2. The number of aromatic nitrogens is 5. The number of halogens is 3. The summed E-state index contributed by atoms with van der Waals surface area (Å²) in [7, 11) is 3.22. The quantitative estimate of drug-likeness (QED) is 0.260. The van der Waals surface area contributed by atoms with Gasteiger partial charge in [-0.05, 0) is 54.8 Å². The van der Waals surface area contributed by atoms with Crippen LogP contribution in [0, 0.1) is 13.8 Å². The molecule has 10 heteroatoms. The minimum absolute atomic E-state index is 0.0684. The Hall–Kier alpha value is -3.95. The summed E-state index contributed by atoms with van der Waals surface area (Å²) in [6, 6.07) is 15.1. The van der Waals surface area contributed by atoms with E-state index in [0.717, 1.165) is 23.9 Å². The number of hydrogen-bond acceptors (Lipinski definition) is 6. The summed E-state index contributed by atoms with van der Waals surface area (Å²) in [5, 5.41) is 21.5. The van der Waals surface area contributed by atoms with Gasteiger partial charge in [0.1, 0.15) is 0 Å². The number of pyridine rings is 2. The van der Waals surface area contributed by atoms with Crippen molar-refractivity contribution in [2.24, 2.45) is 7.05 Å². The lowest BCUT2D eigenvalue weighted by atomic mass is 9.82. The van der Waals surface area contributed by atoms with Crippen LogP contribution in [0.4, 0.5) is 8.78 Å². The van der Waals surface area contributed by atoms with Crippen LogP contribution in [-0.4, -0.2) is 37.2 Å². The highest BCUT2D eigenvalue weighted by atomic mass is 35.5. The van der Waals surface area contributed by atoms with E-state index in [1.54, 1.807) is 37.4 Å². The van der Waals surface area contributed by atoms with Gasteiger partial charge >= 0.3 is 0 Å². The number of fused-ring (bicyclic) bond motifs is 1.